The molecule has 0 bridgehead atoms. The van der Waals surface area contributed by atoms with Crippen molar-refractivity contribution in [1.82, 2.24) is 10.6 Å². The number of hydrogen-bond donors (Lipinski definition) is 2. The van der Waals surface area contributed by atoms with E-state index < -0.39 is 0 Å². The predicted octanol–water partition coefficient (Wildman–Crippen LogP) is 3.10. The third-order valence-corrected chi connectivity index (χ3v) is 5.58. The molecule has 1 aliphatic heterocycles. The quantitative estimate of drug-likeness (QED) is 0.840. The summed E-state index contributed by atoms with van der Waals surface area (Å²) in [5.74, 6) is 0.0275. The minimum Gasteiger partial charge on any atom is -0.331 e. The molecule has 0 radical (unpaired) electrons. The van der Waals surface area contributed by atoms with Crippen LogP contribution in [0, 0.1) is 0 Å². The average molecular weight is 323 g/mol. The van der Waals surface area contributed by atoms with Crippen LogP contribution in [-0.2, 0) is 11.2 Å². The molecule has 1 heterocycles. The highest BCUT2D eigenvalue weighted by Crippen LogP contribution is 2.37. The Morgan fingerprint density at radius 1 is 1.52 bits per heavy atom. The summed E-state index contributed by atoms with van der Waals surface area (Å²) in [4.78, 5) is 12.1. The highest BCUT2D eigenvalue weighted by Gasteiger charge is 2.37. The smallest absolute Gasteiger partial charge is 0.226 e. The Hall–Kier alpha value is -0.970. The summed E-state index contributed by atoms with van der Waals surface area (Å²) in [5.41, 5.74) is 2.28. The van der Waals surface area contributed by atoms with Gasteiger partial charge >= 0.3 is 0 Å². The zero-order valence-electron chi connectivity index (χ0n) is 11.8. The summed E-state index contributed by atoms with van der Waals surface area (Å²) in [6.07, 6.45) is 3.64. The van der Waals surface area contributed by atoms with Crippen molar-refractivity contribution >= 4 is 29.3 Å². The molecule has 0 spiro atoms. The fraction of sp³-hybridized carbons (Fsp3) is 0.438. The maximum Gasteiger partial charge on any atom is 0.226 e. The van der Waals surface area contributed by atoms with Gasteiger partial charge < -0.3 is 5.32 Å². The van der Waals surface area contributed by atoms with Crippen LogP contribution >= 0.6 is 23.4 Å². The van der Waals surface area contributed by atoms with Crippen molar-refractivity contribution in [3.05, 3.63) is 47.0 Å². The lowest BCUT2D eigenvalue weighted by Crippen LogP contribution is -2.44. The molecule has 1 saturated carbocycles. The standard InChI is InChI=1S/C16H19ClN2OS/c1-10-5-6-13-14(7-10)21-16(18-13)19-15(20)9-11-3-2-4-12(17)8-11/h2-4,8,13-14,16,18H,1,5-7,9H2,(H,19,20). The number of fused-ring (bicyclic) bond motifs is 1. The molecule has 1 amide bonds. The van der Waals surface area contributed by atoms with Crippen molar-refractivity contribution in [1.29, 1.82) is 0 Å². The Balaban J connectivity index is 1.53. The van der Waals surface area contributed by atoms with E-state index in [9.17, 15) is 4.79 Å². The number of nitrogens with one attached hydrogen (secondary N) is 2. The minimum absolute atomic E-state index is 0.0117. The molecule has 112 valence electrons. The van der Waals surface area contributed by atoms with Gasteiger partial charge in [0.1, 0.15) is 5.50 Å². The second-order valence-electron chi connectivity index (χ2n) is 5.69. The molecular formula is C16H19ClN2OS. The van der Waals surface area contributed by atoms with Gasteiger partial charge in [-0.15, -0.1) is 11.8 Å². The molecule has 1 aromatic carbocycles. The Labute approximate surface area is 134 Å². The van der Waals surface area contributed by atoms with Gasteiger partial charge in [-0.2, -0.15) is 0 Å². The first-order chi connectivity index (χ1) is 10.1. The van der Waals surface area contributed by atoms with E-state index in [0.29, 0.717) is 22.7 Å². The fourth-order valence-corrected chi connectivity index (χ4v) is 4.67. The van der Waals surface area contributed by atoms with Crippen molar-refractivity contribution in [2.45, 2.75) is 42.5 Å². The molecule has 1 aromatic rings. The molecule has 0 aromatic heterocycles. The third kappa shape index (κ3) is 3.82. The summed E-state index contributed by atoms with van der Waals surface area (Å²) in [6.45, 7) is 4.08. The molecule has 1 aliphatic carbocycles. The van der Waals surface area contributed by atoms with Crippen LogP contribution in [0.1, 0.15) is 24.8 Å². The Kier molecular flexibility index (Phi) is 4.57. The van der Waals surface area contributed by atoms with E-state index in [1.165, 1.54) is 5.57 Å². The van der Waals surface area contributed by atoms with Gasteiger partial charge in [0.05, 0.1) is 6.42 Å². The maximum absolute atomic E-state index is 12.1. The van der Waals surface area contributed by atoms with Gasteiger partial charge in [0.15, 0.2) is 0 Å². The van der Waals surface area contributed by atoms with E-state index in [-0.39, 0.29) is 11.4 Å². The second kappa shape index (κ2) is 6.42. The fourth-order valence-electron chi connectivity index (χ4n) is 2.92. The van der Waals surface area contributed by atoms with Gasteiger partial charge in [-0.25, -0.2) is 0 Å². The van der Waals surface area contributed by atoms with Crippen LogP contribution in [0.3, 0.4) is 0 Å². The summed E-state index contributed by atoms with van der Waals surface area (Å²) in [5, 5.41) is 7.77. The van der Waals surface area contributed by atoms with Crippen LogP contribution in [0.4, 0.5) is 0 Å². The van der Waals surface area contributed by atoms with E-state index in [1.54, 1.807) is 0 Å². The zero-order valence-corrected chi connectivity index (χ0v) is 13.3. The number of thioether (sulfide) groups is 1. The van der Waals surface area contributed by atoms with Crippen LogP contribution in [0.25, 0.3) is 0 Å². The number of carbonyl (C=O) groups is 1. The number of halogens is 1. The van der Waals surface area contributed by atoms with Gasteiger partial charge in [0.25, 0.3) is 0 Å². The lowest BCUT2D eigenvalue weighted by Gasteiger charge is -2.24. The van der Waals surface area contributed by atoms with Crippen molar-refractivity contribution in [2.75, 3.05) is 0 Å². The number of benzene rings is 1. The number of hydrogen-bond acceptors (Lipinski definition) is 3. The molecule has 21 heavy (non-hydrogen) atoms. The Morgan fingerprint density at radius 2 is 2.38 bits per heavy atom. The Morgan fingerprint density at radius 3 is 3.19 bits per heavy atom. The average Bonchev–Trinajstić information content (AvgIpc) is 2.79. The number of allylic oxidation sites excluding steroid dienone is 1. The normalized spacial score (nSPS) is 28.2. The van der Waals surface area contributed by atoms with Gasteiger partial charge in [-0.3, -0.25) is 10.1 Å². The molecule has 2 aliphatic rings. The highest BCUT2D eigenvalue weighted by atomic mass is 35.5. The largest absolute Gasteiger partial charge is 0.331 e. The van der Waals surface area contributed by atoms with Crippen molar-refractivity contribution < 1.29 is 4.79 Å². The predicted molar refractivity (Wildman–Crippen MR) is 88.4 cm³/mol. The molecule has 2 N–H and O–H groups in total. The molecule has 3 rings (SSSR count). The SMILES string of the molecule is C=C1CCC2NC(NC(=O)Cc3cccc(Cl)c3)SC2C1. The number of carbonyl (C=O) groups excluding carboxylic acids is 1. The minimum atomic E-state index is 0.0117. The molecule has 3 nitrogen and oxygen atoms in total. The van der Waals surface area contributed by atoms with Crippen LogP contribution in [0.15, 0.2) is 36.4 Å². The van der Waals surface area contributed by atoms with Crippen molar-refractivity contribution in [3.8, 4) is 0 Å². The molecule has 1 saturated heterocycles. The van der Waals surface area contributed by atoms with Crippen LogP contribution in [0.5, 0.6) is 0 Å². The van der Waals surface area contributed by atoms with Crippen LogP contribution in [0.2, 0.25) is 5.02 Å². The topological polar surface area (TPSA) is 41.1 Å². The summed E-state index contributed by atoms with van der Waals surface area (Å²) in [7, 11) is 0. The molecular weight excluding hydrogens is 304 g/mol. The zero-order chi connectivity index (χ0) is 14.8. The van der Waals surface area contributed by atoms with Gasteiger partial charge in [-0.05, 0) is 37.0 Å². The van der Waals surface area contributed by atoms with Crippen molar-refractivity contribution in [3.63, 3.8) is 0 Å². The maximum atomic E-state index is 12.1. The molecule has 2 fully saturated rings. The molecule has 5 heteroatoms. The first kappa shape index (κ1) is 14.9. The Bertz CT molecular complexity index is 563. The van der Waals surface area contributed by atoms with Crippen LogP contribution in [-0.4, -0.2) is 22.7 Å². The summed E-state index contributed by atoms with van der Waals surface area (Å²) >= 11 is 7.75. The lowest BCUT2D eigenvalue weighted by atomic mass is 9.91. The first-order valence-corrected chi connectivity index (χ1v) is 8.54. The lowest BCUT2D eigenvalue weighted by molar-refractivity contribution is -0.120. The summed E-state index contributed by atoms with van der Waals surface area (Å²) < 4.78 is 0. The highest BCUT2D eigenvalue weighted by molar-refractivity contribution is 8.00. The second-order valence-corrected chi connectivity index (χ2v) is 7.48. The van der Waals surface area contributed by atoms with E-state index in [2.05, 4.69) is 17.2 Å². The van der Waals surface area contributed by atoms with Gasteiger partial charge in [-0.1, -0.05) is 35.9 Å². The van der Waals surface area contributed by atoms with E-state index in [4.69, 9.17) is 11.6 Å². The van der Waals surface area contributed by atoms with Crippen molar-refractivity contribution in [2.24, 2.45) is 0 Å². The molecule has 3 atom stereocenters. The van der Waals surface area contributed by atoms with E-state index >= 15 is 0 Å². The monoisotopic (exact) mass is 322 g/mol. The third-order valence-electron chi connectivity index (χ3n) is 3.97. The summed E-state index contributed by atoms with van der Waals surface area (Å²) in [6, 6.07) is 7.93. The first-order valence-electron chi connectivity index (χ1n) is 7.22. The van der Waals surface area contributed by atoms with Crippen LogP contribution < -0.4 is 10.6 Å². The van der Waals surface area contributed by atoms with E-state index in [0.717, 1.165) is 24.8 Å². The van der Waals surface area contributed by atoms with E-state index in [1.807, 2.05) is 36.0 Å². The number of rotatable bonds is 3. The number of amides is 1. The van der Waals surface area contributed by atoms with Gasteiger partial charge in [0, 0.05) is 16.3 Å². The molecule has 3 unspecified atom stereocenters. The van der Waals surface area contributed by atoms with Gasteiger partial charge in [0.2, 0.25) is 5.91 Å².